The third-order valence-corrected chi connectivity index (χ3v) is 2.58. The summed E-state index contributed by atoms with van der Waals surface area (Å²) in [5, 5.41) is 9.49. The summed E-state index contributed by atoms with van der Waals surface area (Å²) in [5.74, 6) is -0.641. The summed E-state index contributed by atoms with van der Waals surface area (Å²) in [6.45, 7) is 1.08. The molecule has 102 valence electrons. The molecule has 1 rings (SSSR count). The Labute approximate surface area is 103 Å². The quantitative estimate of drug-likeness (QED) is 0.845. The van der Waals surface area contributed by atoms with E-state index in [4.69, 9.17) is 0 Å². The molecule has 1 aromatic carbocycles. The summed E-state index contributed by atoms with van der Waals surface area (Å²) in [4.78, 5) is 1.17. The van der Waals surface area contributed by atoms with Crippen LogP contribution in [-0.4, -0.2) is 24.9 Å². The van der Waals surface area contributed by atoms with Gasteiger partial charge in [0.2, 0.25) is 0 Å². The Kier molecular flexibility index (Phi) is 4.56. The average Bonchev–Trinajstić information content (AvgIpc) is 2.24. The Morgan fingerprint density at radius 1 is 1.33 bits per heavy atom. The second-order valence-corrected chi connectivity index (χ2v) is 4.14. The molecule has 2 nitrogen and oxygen atoms in total. The van der Waals surface area contributed by atoms with E-state index in [9.17, 15) is 22.7 Å². The minimum atomic E-state index is -4.29. The van der Waals surface area contributed by atoms with Crippen molar-refractivity contribution in [3.05, 3.63) is 29.6 Å². The maximum atomic E-state index is 13.6. The summed E-state index contributed by atoms with van der Waals surface area (Å²) in [6, 6.07) is 4.07. The summed E-state index contributed by atoms with van der Waals surface area (Å²) in [7, 11) is 1.37. The van der Waals surface area contributed by atoms with Gasteiger partial charge in [-0.2, -0.15) is 13.2 Å². The molecule has 0 spiro atoms. The van der Waals surface area contributed by atoms with E-state index in [0.29, 0.717) is 0 Å². The van der Waals surface area contributed by atoms with Crippen molar-refractivity contribution in [2.75, 3.05) is 18.5 Å². The van der Waals surface area contributed by atoms with Gasteiger partial charge in [-0.3, -0.25) is 0 Å². The smallest absolute Gasteiger partial charge is 0.389 e. The first-order chi connectivity index (χ1) is 8.22. The lowest BCUT2D eigenvalue weighted by atomic mass is 10.1. The molecule has 6 heteroatoms. The number of alkyl halides is 3. The molecule has 0 radical (unpaired) electrons. The fourth-order valence-electron chi connectivity index (χ4n) is 1.68. The van der Waals surface area contributed by atoms with E-state index in [0.717, 1.165) is 6.07 Å². The lowest BCUT2D eigenvalue weighted by molar-refractivity contribution is -0.132. The highest BCUT2D eigenvalue weighted by molar-refractivity contribution is 5.55. The Bertz CT molecular complexity index is 404. The van der Waals surface area contributed by atoms with Crippen molar-refractivity contribution in [3.63, 3.8) is 0 Å². The molecule has 0 bridgehead atoms. The minimum absolute atomic E-state index is 0.0109. The number of anilines is 1. The molecule has 0 heterocycles. The van der Waals surface area contributed by atoms with Crippen molar-refractivity contribution in [2.45, 2.75) is 25.6 Å². The summed E-state index contributed by atoms with van der Waals surface area (Å²) >= 11 is 0. The zero-order valence-corrected chi connectivity index (χ0v) is 10.1. The highest BCUT2D eigenvalue weighted by atomic mass is 19.4. The standard InChI is InChI=1S/C12H15F4NO/c1-8(18)9-4-3-5-10(13)11(9)17(2)7-6-12(14,15)16/h3-5,8,18H,6-7H2,1-2H3/t8-/m0/s1. The van der Waals surface area contributed by atoms with Crippen molar-refractivity contribution in [3.8, 4) is 0 Å². The third-order valence-electron chi connectivity index (χ3n) is 2.58. The van der Waals surface area contributed by atoms with Gasteiger partial charge in [-0.25, -0.2) is 4.39 Å². The topological polar surface area (TPSA) is 23.5 Å². The third kappa shape index (κ3) is 3.87. The number of hydrogen-bond donors (Lipinski definition) is 1. The first kappa shape index (κ1) is 14.8. The molecule has 0 saturated heterocycles. The maximum absolute atomic E-state index is 13.6. The van der Waals surface area contributed by atoms with E-state index in [1.807, 2.05) is 0 Å². The Balaban J connectivity index is 2.94. The van der Waals surface area contributed by atoms with Crippen molar-refractivity contribution in [2.24, 2.45) is 0 Å². The number of hydrogen-bond acceptors (Lipinski definition) is 2. The van der Waals surface area contributed by atoms with E-state index in [2.05, 4.69) is 0 Å². The maximum Gasteiger partial charge on any atom is 0.390 e. The second-order valence-electron chi connectivity index (χ2n) is 4.14. The lowest BCUT2D eigenvalue weighted by Crippen LogP contribution is -2.26. The van der Waals surface area contributed by atoms with Crippen LogP contribution in [-0.2, 0) is 0 Å². The van der Waals surface area contributed by atoms with Gasteiger partial charge in [-0.1, -0.05) is 12.1 Å². The van der Waals surface area contributed by atoms with Crippen LogP contribution in [0, 0.1) is 5.82 Å². The SMILES string of the molecule is C[C@H](O)c1cccc(F)c1N(C)CCC(F)(F)F. The molecule has 0 aliphatic carbocycles. The van der Waals surface area contributed by atoms with Crippen LogP contribution < -0.4 is 4.90 Å². The number of para-hydroxylation sites is 1. The van der Waals surface area contributed by atoms with Crippen molar-refractivity contribution in [1.29, 1.82) is 0 Å². The minimum Gasteiger partial charge on any atom is -0.389 e. The van der Waals surface area contributed by atoms with Gasteiger partial charge in [0.15, 0.2) is 0 Å². The molecule has 1 aromatic rings. The van der Waals surface area contributed by atoms with Gasteiger partial charge < -0.3 is 10.0 Å². The largest absolute Gasteiger partial charge is 0.390 e. The molecule has 0 aliphatic heterocycles. The van der Waals surface area contributed by atoms with Crippen LogP contribution in [0.2, 0.25) is 0 Å². The lowest BCUT2D eigenvalue weighted by Gasteiger charge is -2.24. The summed E-state index contributed by atoms with van der Waals surface area (Å²) < 4.78 is 50.0. The van der Waals surface area contributed by atoms with Gasteiger partial charge in [-0.15, -0.1) is 0 Å². The zero-order chi connectivity index (χ0) is 13.9. The molecule has 0 fully saturated rings. The molecule has 0 aliphatic rings. The molecule has 0 amide bonds. The number of aliphatic hydroxyl groups is 1. The molecular formula is C12H15F4NO. The number of halogens is 4. The number of aliphatic hydroxyl groups excluding tert-OH is 1. The van der Waals surface area contributed by atoms with Crippen LogP contribution in [0.25, 0.3) is 0 Å². The van der Waals surface area contributed by atoms with Crippen LogP contribution in [0.1, 0.15) is 25.0 Å². The van der Waals surface area contributed by atoms with Crippen LogP contribution in [0.3, 0.4) is 0 Å². The van der Waals surface area contributed by atoms with Gasteiger partial charge in [0.1, 0.15) is 5.82 Å². The normalized spacial score (nSPS) is 13.5. The second kappa shape index (κ2) is 5.56. The van der Waals surface area contributed by atoms with E-state index in [1.54, 1.807) is 0 Å². The fourth-order valence-corrected chi connectivity index (χ4v) is 1.68. The predicted octanol–water partition coefficient (Wildman–Crippen LogP) is 3.27. The Morgan fingerprint density at radius 2 is 1.94 bits per heavy atom. The van der Waals surface area contributed by atoms with E-state index < -0.39 is 24.5 Å². The predicted molar refractivity (Wildman–Crippen MR) is 61.0 cm³/mol. The number of benzene rings is 1. The molecule has 1 atom stereocenters. The number of nitrogens with zero attached hydrogens (tertiary/aromatic N) is 1. The van der Waals surface area contributed by atoms with Gasteiger partial charge in [-0.05, 0) is 13.0 Å². The first-order valence-corrected chi connectivity index (χ1v) is 5.46. The highest BCUT2D eigenvalue weighted by Crippen LogP contribution is 2.30. The molecule has 0 unspecified atom stereocenters. The van der Waals surface area contributed by atoms with Gasteiger partial charge in [0.25, 0.3) is 0 Å². The van der Waals surface area contributed by atoms with E-state index in [-0.39, 0.29) is 17.8 Å². The van der Waals surface area contributed by atoms with Crippen LogP contribution in [0.5, 0.6) is 0 Å². The fraction of sp³-hybridized carbons (Fsp3) is 0.500. The van der Waals surface area contributed by atoms with Crippen molar-refractivity contribution in [1.82, 2.24) is 0 Å². The monoisotopic (exact) mass is 265 g/mol. The molecule has 1 N–H and O–H groups in total. The zero-order valence-electron chi connectivity index (χ0n) is 10.1. The van der Waals surface area contributed by atoms with Crippen LogP contribution in [0.15, 0.2) is 18.2 Å². The summed E-state index contributed by atoms with van der Waals surface area (Å²) in [6.07, 6.45) is -6.26. The van der Waals surface area contributed by atoms with Gasteiger partial charge in [0, 0.05) is 19.2 Å². The van der Waals surface area contributed by atoms with E-state index in [1.165, 1.54) is 31.0 Å². The van der Waals surface area contributed by atoms with Crippen molar-refractivity contribution < 1.29 is 22.7 Å². The highest BCUT2D eigenvalue weighted by Gasteiger charge is 2.28. The van der Waals surface area contributed by atoms with Gasteiger partial charge in [0.05, 0.1) is 18.2 Å². The Hall–Kier alpha value is -1.30. The first-order valence-electron chi connectivity index (χ1n) is 5.46. The summed E-state index contributed by atoms with van der Waals surface area (Å²) in [5.41, 5.74) is 0.288. The van der Waals surface area contributed by atoms with Gasteiger partial charge >= 0.3 is 6.18 Å². The van der Waals surface area contributed by atoms with Crippen molar-refractivity contribution >= 4 is 5.69 Å². The van der Waals surface area contributed by atoms with Crippen LogP contribution >= 0.6 is 0 Å². The number of rotatable bonds is 4. The molecule has 0 aromatic heterocycles. The van der Waals surface area contributed by atoms with E-state index >= 15 is 0 Å². The Morgan fingerprint density at radius 3 is 2.44 bits per heavy atom. The average molecular weight is 265 g/mol. The van der Waals surface area contributed by atoms with Crippen LogP contribution in [0.4, 0.5) is 23.2 Å². The molecule has 18 heavy (non-hydrogen) atoms. The molecular weight excluding hydrogens is 250 g/mol. The molecule has 0 saturated carbocycles.